The number of ether oxygens (including phenoxy) is 1. The highest BCUT2D eigenvalue weighted by Crippen LogP contribution is 2.22. The van der Waals surface area contributed by atoms with E-state index >= 15 is 0 Å². The zero-order valence-corrected chi connectivity index (χ0v) is 17.4. The number of morpholine rings is 1. The van der Waals surface area contributed by atoms with Crippen LogP contribution in [-0.2, 0) is 16.0 Å². The molecule has 1 atom stereocenters. The van der Waals surface area contributed by atoms with Crippen LogP contribution in [0, 0.1) is 5.82 Å². The molecule has 1 N–H and O–H groups in total. The van der Waals surface area contributed by atoms with Crippen molar-refractivity contribution in [3.05, 3.63) is 71.0 Å². The van der Waals surface area contributed by atoms with Crippen LogP contribution in [0.5, 0.6) is 0 Å². The van der Waals surface area contributed by atoms with Gasteiger partial charge in [0.2, 0.25) is 5.91 Å². The van der Waals surface area contributed by atoms with Crippen LogP contribution < -0.4 is 5.32 Å². The van der Waals surface area contributed by atoms with Crippen LogP contribution >= 0.6 is 0 Å². The number of Topliss-reactive ketones (excluding diaryl/α,β-unsaturated/α-hetero) is 1. The molecule has 0 spiro atoms. The van der Waals surface area contributed by atoms with E-state index in [2.05, 4.69) is 17.1 Å². The molecule has 1 unspecified atom stereocenters. The van der Waals surface area contributed by atoms with Gasteiger partial charge in [0, 0.05) is 38.0 Å². The monoisotopic (exact) mass is 412 g/mol. The molecule has 0 aromatic heterocycles. The molecule has 1 fully saturated rings. The average molecular weight is 413 g/mol. The fraction of sp³-hybridized carbons (Fsp3) is 0.417. The van der Waals surface area contributed by atoms with Crippen molar-refractivity contribution in [1.29, 1.82) is 0 Å². The quantitative estimate of drug-likeness (QED) is 0.640. The minimum Gasteiger partial charge on any atom is -0.379 e. The van der Waals surface area contributed by atoms with Crippen molar-refractivity contribution in [1.82, 2.24) is 10.2 Å². The molecule has 0 aliphatic carbocycles. The molecule has 30 heavy (non-hydrogen) atoms. The number of hydrogen-bond acceptors (Lipinski definition) is 4. The number of carbonyl (C=O) groups is 2. The van der Waals surface area contributed by atoms with E-state index in [1.54, 1.807) is 12.1 Å². The number of hydrogen-bond donors (Lipinski definition) is 1. The van der Waals surface area contributed by atoms with Gasteiger partial charge in [-0.1, -0.05) is 43.3 Å². The van der Waals surface area contributed by atoms with Gasteiger partial charge in [-0.25, -0.2) is 4.39 Å². The van der Waals surface area contributed by atoms with E-state index in [0.717, 1.165) is 25.1 Å². The molecule has 5 nitrogen and oxygen atoms in total. The van der Waals surface area contributed by atoms with Gasteiger partial charge < -0.3 is 10.1 Å². The number of nitrogens with one attached hydrogen (secondary N) is 1. The Bertz CT molecular complexity index is 831. The van der Waals surface area contributed by atoms with E-state index in [-0.39, 0.29) is 36.4 Å². The summed E-state index contributed by atoms with van der Waals surface area (Å²) < 4.78 is 18.8. The van der Waals surface area contributed by atoms with Crippen molar-refractivity contribution < 1.29 is 18.7 Å². The number of rotatable bonds is 9. The van der Waals surface area contributed by atoms with Crippen molar-refractivity contribution in [2.75, 3.05) is 32.8 Å². The van der Waals surface area contributed by atoms with Gasteiger partial charge in [-0.2, -0.15) is 0 Å². The van der Waals surface area contributed by atoms with Gasteiger partial charge in [-0.05, 0) is 29.7 Å². The number of ketones is 1. The summed E-state index contributed by atoms with van der Waals surface area (Å²) in [5.74, 6) is -0.473. The van der Waals surface area contributed by atoms with Crippen molar-refractivity contribution in [3.8, 4) is 0 Å². The second-order valence-corrected chi connectivity index (χ2v) is 7.49. The van der Waals surface area contributed by atoms with E-state index in [0.29, 0.717) is 25.3 Å². The lowest BCUT2D eigenvalue weighted by Gasteiger charge is -2.35. The summed E-state index contributed by atoms with van der Waals surface area (Å²) in [5, 5.41) is 2.95. The SMILES string of the molecule is CCc1ccc(C(=O)CCC(=O)NCC(c2ccc(F)cc2)N2CCOCC2)cc1. The van der Waals surface area contributed by atoms with E-state index in [4.69, 9.17) is 4.74 Å². The van der Waals surface area contributed by atoms with E-state index < -0.39 is 0 Å². The van der Waals surface area contributed by atoms with Crippen LogP contribution in [0.4, 0.5) is 4.39 Å². The fourth-order valence-corrected chi connectivity index (χ4v) is 3.63. The highest BCUT2D eigenvalue weighted by molar-refractivity contribution is 5.97. The normalized spacial score (nSPS) is 15.5. The molecule has 0 radical (unpaired) electrons. The van der Waals surface area contributed by atoms with Gasteiger partial charge in [0.15, 0.2) is 5.78 Å². The minimum atomic E-state index is -0.283. The van der Waals surface area contributed by atoms with Gasteiger partial charge in [0.1, 0.15) is 5.82 Å². The highest BCUT2D eigenvalue weighted by Gasteiger charge is 2.23. The molecule has 1 amide bonds. The Morgan fingerprint density at radius 2 is 1.70 bits per heavy atom. The van der Waals surface area contributed by atoms with Crippen LogP contribution in [0.1, 0.15) is 47.3 Å². The molecular weight excluding hydrogens is 383 g/mol. The predicted molar refractivity (Wildman–Crippen MR) is 114 cm³/mol. The number of halogens is 1. The Balaban J connectivity index is 1.54. The standard InChI is InChI=1S/C24H29FN2O3/c1-2-18-3-5-20(6-4-18)23(28)11-12-24(29)26-17-22(27-13-15-30-16-14-27)19-7-9-21(25)10-8-19/h3-10,22H,2,11-17H2,1H3,(H,26,29). The second kappa shape index (κ2) is 11.0. The maximum absolute atomic E-state index is 13.3. The molecule has 1 aliphatic heterocycles. The molecule has 0 bridgehead atoms. The summed E-state index contributed by atoms with van der Waals surface area (Å²) in [6.07, 6.45) is 1.25. The Kier molecular flexibility index (Phi) is 8.11. The number of carbonyl (C=O) groups excluding carboxylic acids is 2. The largest absolute Gasteiger partial charge is 0.379 e. The Labute approximate surface area is 177 Å². The van der Waals surface area contributed by atoms with Gasteiger partial charge >= 0.3 is 0 Å². The first-order valence-electron chi connectivity index (χ1n) is 10.5. The van der Waals surface area contributed by atoms with Crippen LogP contribution in [-0.4, -0.2) is 49.4 Å². The fourth-order valence-electron chi connectivity index (χ4n) is 3.63. The van der Waals surface area contributed by atoms with Crippen molar-refractivity contribution in [3.63, 3.8) is 0 Å². The average Bonchev–Trinajstić information content (AvgIpc) is 2.79. The third-order valence-electron chi connectivity index (χ3n) is 5.50. The number of amides is 1. The predicted octanol–water partition coefficient (Wildman–Crippen LogP) is 3.54. The zero-order valence-electron chi connectivity index (χ0n) is 17.4. The smallest absolute Gasteiger partial charge is 0.220 e. The first-order chi connectivity index (χ1) is 14.6. The summed E-state index contributed by atoms with van der Waals surface area (Å²) >= 11 is 0. The molecule has 2 aromatic carbocycles. The molecule has 1 aliphatic rings. The summed E-state index contributed by atoms with van der Waals surface area (Å²) in [7, 11) is 0. The van der Waals surface area contributed by atoms with E-state index in [1.165, 1.54) is 17.7 Å². The summed E-state index contributed by atoms with van der Waals surface area (Å²) in [6, 6.07) is 13.9. The van der Waals surface area contributed by atoms with Crippen molar-refractivity contribution in [2.24, 2.45) is 0 Å². The van der Waals surface area contributed by atoms with Crippen LogP contribution in [0.3, 0.4) is 0 Å². The minimum absolute atomic E-state index is 0.0314. The van der Waals surface area contributed by atoms with Crippen LogP contribution in [0.15, 0.2) is 48.5 Å². The Morgan fingerprint density at radius 1 is 1.03 bits per heavy atom. The van der Waals surface area contributed by atoms with Gasteiger partial charge in [-0.3, -0.25) is 14.5 Å². The molecule has 0 saturated carbocycles. The summed E-state index contributed by atoms with van der Waals surface area (Å²) in [5.41, 5.74) is 2.77. The van der Waals surface area contributed by atoms with Crippen LogP contribution in [0.25, 0.3) is 0 Å². The highest BCUT2D eigenvalue weighted by atomic mass is 19.1. The lowest BCUT2D eigenvalue weighted by molar-refractivity contribution is -0.121. The Hall–Kier alpha value is -2.57. The van der Waals surface area contributed by atoms with Crippen molar-refractivity contribution in [2.45, 2.75) is 32.2 Å². The second-order valence-electron chi connectivity index (χ2n) is 7.49. The maximum Gasteiger partial charge on any atom is 0.220 e. The van der Waals surface area contributed by atoms with Gasteiger partial charge in [0.25, 0.3) is 0 Å². The zero-order chi connectivity index (χ0) is 21.3. The number of aryl methyl sites for hydroxylation is 1. The molecule has 1 heterocycles. The molecule has 6 heteroatoms. The molecule has 2 aromatic rings. The first-order valence-corrected chi connectivity index (χ1v) is 10.5. The van der Waals surface area contributed by atoms with Crippen molar-refractivity contribution >= 4 is 11.7 Å². The number of benzene rings is 2. The molecule has 3 rings (SSSR count). The maximum atomic E-state index is 13.3. The lowest BCUT2D eigenvalue weighted by atomic mass is 10.0. The third kappa shape index (κ3) is 6.21. The topological polar surface area (TPSA) is 58.6 Å². The Morgan fingerprint density at radius 3 is 2.33 bits per heavy atom. The first kappa shape index (κ1) is 22.1. The summed E-state index contributed by atoms with van der Waals surface area (Å²) in [6.45, 7) is 5.25. The van der Waals surface area contributed by atoms with Gasteiger partial charge in [0.05, 0.1) is 19.3 Å². The molecule has 1 saturated heterocycles. The van der Waals surface area contributed by atoms with E-state index in [1.807, 2.05) is 24.3 Å². The van der Waals surface area contributed by atoms with Crippen LogP contribution in [0.2, 0.25) is 0 Å². The number of nitrogens with zero attached hydrogens (tertiary/aromatic N) is 1. The summed E-state index contributed by atoms with van der Waals surface area (Å²) in [4.78, 5) is 27.0. The molecule has 160 valence electrons. The molecular formula is C24H29FN2O3. The lowest BCUT2D eigenvalue weighted by Crippen LogP contribution is -2.43. The van der Waals surface area contributed by atoms with Gasteiger partial charge in [-0.15, -0.1) is 0 Å². The van der Waals surface area contributed by atoms with E-state index in [9.17, 15) is 14.0 Å². The third-order valence-corrected chi connectivity index (χ3v) is 5.50.